The lowest BCUT2D eigenvalue weighted by molar-refractivity contribution is -0.118. The molecule has 3 aromatic rings. The second-order valence-electron chi connectivity index (χ2n) is 8.25. The van der Waals surface area contributed by atoms with Gasteiger partial charge in [0.05, 0.1) is 5.56 Å². The van der Waals surface area contributed by atoms with Gasteiger partial charge in [0, 0.05) is 11.6 Å². The standard InChI is InChI=1S/C27H26N2O5/c1-3-24(25(30)28-17-13-12-16(2)22(14-17)26(31)32)29-27(33)34-15-23-20-10-6-4-8-18(20)19-9-5-7-11-21(19)23/h4-14,23-24H,3,15H2,1-2H3,(H,28,30)(H,29,33)(H,31,32). The molecule has 34 heavy (non-hydrogen) atoms. The molecule has 2 amide bonds. The van der Waals surface area contributed by atoms with E-state index in [1.807, 2.05) is 36.4 Å². The normalized spacial score (nSPS) is 12.9. The van der Waals surface area contributed by atoms with Crippen molar-refractivity contribution in [3.63, 3.8) is 0 Å². The van der Waals surface area contributed by atoms with Crippen LogP contribution in [-0.2, 0) is 9.53 Å². The highest BCUT2D eigenvalue weighted by atomic mass is 16.5. The van der Waals surface area contributed by atoms with E-state index in [9.17, 15) is 19.5 Å². The highest BCUT2D eigenvalue weighted by molar-refractivity contribution is 5.98. The molecule has 0 fully saturated rings. The topological polar surface area (TPSA) is 105 Å². The van der Waals surface area contributed by atoms with Crippen LogP contribution in [-0.4, -0.2) is 35.7 Å². The van der Waals surface area contributed by atoms with E-state index in [-0.39, 0.29) is 18.1 Å². The lowest BCUT2D eigenvalue weighted by atomic mass is 9.98. The van der Waals surface area contributed by atoms with Crippen LogP contribution in [0, 0.1) is 6.92 Å². The Morgan fingerprint density at radius 1 is 0.971 bits per heavy atom. The van der Waals surface area contributed by atoms with Crippen molar-refractivity contribution in [1.82, 2.24) is 5.32 Å². The number of nitrogens with one attached hydrogen (secondary N) is 2. The van der Waals surface area contributed by atoms with Gasteiger partial charge < -0.3 is 20.5 Å². The van der Waals surface area contributed by atoms with Crippen molar-refractivity contribution in [3.05, 3.63) is 89.0 Å². The number of amides is 2. The number of anilines is 1. The molecular weight excluding hydrogens is 432 g/mol. The number of fused-ring (bicyclic) bond motifs is 3. The molecule has 1 aliphatic carbocycles. The van der Waals surface area contributed by atoms with E-state index in [1.165, 1.54) is 6.07 Å². The number of aryl methyl sites for hydroxylation is 1. The molecule has 0 saturated heterocycles. The first-order chi connectivity index (χ1) is 16.4. The predicted molar refractivity (Wildman–Crippen MR) is 129 cm³/mol. The van der Waals surface area contributed by atoms with Gasteiger partial charge in [-0.3, -0.25) is 4.79 Å². The van der Waals surface area contributed by atoms with Crippen molar-refractivity contribution in [2.45, 2.75) is 32.2 Å². The molecule has 3 aromatic carbocycles. The molecule has 1 atom stereocenters. The highest BCUT2D eigenvalue weighted by Crippen LogP contribution is 2.44. The number of carboxylic acids is 1. The Morgan fingerprint density at radius 2 is 1.59 bits per heavy atom. The molecule has 7 nitrogen and oxygen atoms in total. The van der Waals surface area contributed by atoms with E-state index < -0.39 is 24.0 Å². The SMILES string of the molecule is CCC(NC(=O)OCC1c2ccccc2-c2ccccc21)C(=O)Nc1ccc(C)c(C(=O)O)c1. The van der Waals surface area contributed by atoms with Crippen molar-refractivity contribution in [1.29, 1.82) is 0 Å². The fourth-order valence-electron chi connectivity index (χ4n) is 4.29. The van der Waals surface area contributed by atoms with Crippen molar-refractivity contribution in [3.8, 4) is 11.1 Å². The van der Waals surface area contributed by atoms with Gasteiger partial charge in [0.1, 0.15) is 12.6 Å². The van der Waals surface area contributed by atoms with Gasteiger partial charge in [0.25, 0.3) is 0 Å². The second kappa shape index (κ2) is 9.79. The Hall–Kier alpha value is -4.13. The minimum Gasteiger partial charge on any atom is -0.478 e. The van der Waals surface area contributed by atoms with Gasteiger partial charge in [-0.1, -0.05) is 61.5 Å². The quantitative estimate of drug-likeness (QED) is 0.465. The summed E-state index contributed by atoms with van der Waals surface area (Å²) in [5.41, 5.74) is 5.53. The summed E-state index contributed by atoms with van der Waals surface area (Å²) in [5.74, 6) is -1.59. The van der Waals surface area contributed by atoms with Crippen LogP contribution >= 0.6 is 0 Å². The fraction of sp³-hybridized carbons (Fsp3) is 0.222. The summed E-state index contributed by atoms with van der Waals surface area (Å²) in [6.07, 6.45) is -0.341. The summed E-state index contributed by atoms with van der Waals surface area (Å²) in [6.45, 7) is 3.60. The summed E-state index contributed by atoms with van der Waals surface area (Å²) in [4.78, 5) is 36.6. The first-order valence-electron chi connectivity index (χ1n) is 11.1. The number of rotatable bonds is 7. The molecule has 0 saturated carbocycles. The molecule has 0 aliphatic heterocycles. The lowest BCUT2D eigenvalue weighted by Gasteiger charge is -2.19. The number of carboxylic acid groups (broad SMARTS) is 1. The summed E-state index contributed by atoms with van der Waals surface area (Å²) >= 11 is 0. The minimum absolute atomic E-state index is 0.0750. The van der Waals surface area contributed by atoms with Gasteiger partial charge in [0.2, 0.25) is 5.91 Å². The van der Waals surface area contributed by atoms with E-state index in [1.54, 1.807) is 26.0 Å². The van der Waals surface area contributed by atoms with Crippen LogP contribution in [0.2, 0.25) is 0 Å². The number of hydrogen-bond acceptors (Lipinski definition) is 4. The molecule has 0 spiro atoms. The van der Waals surface area contributed by atoms with Crippen LogP contribution in [0.4, 0.5) is 10.5 Å². The number of carbonyl (C=O) groups is 3. The monoisotopic (exact) mass is 458 g/mol. The van der Waals surface area contributed by atoms with Crippen molar-refractivity contribution < 1.29 is 24.2 Å². The van der Waals surface area contributed by atoms with Crippen molar-refractivity contribution in [2.75, 3.05) is 11.9 Å². The third kappa shape index (κ3) is 4.64. The fourth-order valence-corrected chi connectivity index (χ4v) is 4.29. The first-order valence-corrected chi connectivity index (χ1v) is 11.1. The van der Waals surface area contributed by atoms with Gasteiger partial charge in [-0.2, -0.15) is 0 Å². The Kier molecular flexibility index (Phi) is 6.63. The maximum atomic E-state index is 12.7. The van der Waals surface area contributed by atoms with Crippen LogP contribution in [0.3, 0.4) is 0 Å². The van der Waals surface area contributed by atoms with Crippen LogP contribution in [0.15, 0.2) is 66.7 Å². The molecule has 3 N–H and O–H groups in total. The van der Waals surface area contributed by atoms with Crippen LogP contribution in [0.1, 0.15) is 46.3 Å². The molecule has 0 radical (unpaired) electrons. The zero-order valence-corrected chi connectivity index (χ0v) is 19.0. The van der Waals surface area contributed by atoms with Gasteiger partial charge in [-0.15, -0.1) is 0 Å². The number of ether oxygens (including phenoxy) is 1. The average Bonchev–Trinajstić information content (AvgIpc) is 3.16. The molecule has 1 aliphatic rings. The summed E-state index contributed by atoms with van der Waals surface area (Å²) < 4.78 is 5.53. The number of benzene rings is 3. The molecule has 7 heteroatoms. The van der Waals surface area contributed by atoms with E-state index in [0.29, 0.717) is 17.7 Å². The second-order valence-corrected chi connectivity index (χ2v) is 8.25. The van der Waals surface area contributed by atoms with Gasteiger partial charge in [0.15, 0.2) is 0 Å². The van der Waals surface area contributed by atoms with Crippen LogP contribution in [0.25, 0.3) is 11.1 Å². The molecule has 4 rings (SSSR count). The third-order valence-electron chi connectivity index (χ3n) is 6.10. The number of aromatic carboxylic acids is 1. The first kappa shape index (κ1) is 23.0. The molecule has 0 aromatic heterocycles. The largest absolute Gasteiger partial charge is 0.478 e. The number of carbonyl (C=O) groups excluding carboxylic acids is 2. The van der Waals surface area contributed by atoms with Crippen LogP contribution in [0.5, 0.6) is 0 Å². The van der Waals surface area contributed by atoms with Gasteiger partial charge in [-0.25, -0.2) is 9.59 Å². The zero-order valence-electron chi connectivity index (χ0n) is 19.0. The zero-order chi connectivity index (χ0) is 24.2. The van der Waals surface area contributed by atoms with Crippen molar-refractivity contribution in [2.24, 2.45) is 0 Å². The maximum absolute atomic E-state index is 12.7. The Labute approximate surface area is 197 Å². The van der Waals surface area contributed by atoms with E-state index >= 15 is 0 Å². The summed E-state index contributed by atoms with van der Waals surface area (Å²) in [5, 5.41) is 14.6. The summed E-state index contributed by atoms with van der Waals surface area (Å²) in [6, 6.07) is 19.9. The van der Waals surface area contributed by atoms with Crippen molar-refractivity contribution >= 4 is 23.7 Å². The Balaban J connectivity index is 1.39. The van der Waals surface area contributed by atoms with E-state index in [2.05, 4.69) is 22.8 Å². The molecule has 0 bridgehead atoms. The van der Waals surface area contributed by atoms with E-state index in [0.717, 1.165) is 22.3 Å². The number of hydrogen-bond donors (Lipinski definition) is 3. The molecule has 174 valence electrons. The highest BCUT2D eigenvalue weighted by Gasteiger charge is 2.29. The lowest BCUT2D eigenvalue weighted by Crippen LogP contribution is -2.43. The number of alkyl carbamates (subject to hydrolysis) is 1. The molecular formula is C27H26N2O5. The van der Waals surface area contributed by atoms with Crippen LogP contribution < -0.4 is 10.6 Å². The molecule has 1 unspecified atom stereocenters. The minimum atomic E-state index is -1.07. The van der Waals surface area contributed by atoms with Gasteiger partial charge in [-0.05, 0) is 53.3 Å². The predicted octanol–water partition coefficient (Wildman–Crippen LogP) is 4.95. The average molecular weight is 459 g/mol. The Bertz CT molecular complexity index is 1210. The smallest absolute Gasteiger partial charge is 0.407 e. The Morgan fingerprint density at radius 3 is 2.18 bits per heavy atom. The third-order valence-corrected chi connectivity index (χ3v) is 6.10. The van der Waals surface area contributed by atoms with E-state index in [4.69, 9.17) is 4.74 Å². The maximum Gasteiger partial charge on any atom is 0.407 e. The summed E-state index contributed by atoms with van der Waals surface area (Å²) in [7, 11) is 0. The molecule has 0 heterocycles. The van der Waals surface area contributed by atoms with Gasteiger partial charge >= 0.3 is 12.1 Å².